The van der Waals surface area contributed by atoms with E-state index in [0.717, 1.165) is 35.1 Å². The second-order valence-corrected chi connectivity index (χ2v) is 12.0. The average molecular weight is 710 g/mol. The molecule has 4 aromatic rings. The Hall–Kier alpha value is -5.06. The minimum absolute atomic E-state index is 0.00777. The molecule has 2 fully saturated rings. The lowest BCUT2D eigenvalue weighted by molar-refractivity contribution is -0.0990. The number of esters is 1. The zero-order chi connectivity index (χ0) is 35.2. The highest BCUT2D eigenvalue weighted by Gasteiger charge is 2.51. The molecule has 0 saturated carbocycles. The van der Waals surface area contributed by atoms with Crippen molar-refractivity contribution in [3.8, 4) is 22.5 Å². The van der Waals surface area contributed by atoms with Crippen LogP contribution in [0.2, 0.25) is 5.15 Å². The molecule has 50 heavy (non-hydrogen) atoms. The number of alkyl carbamates (subject to hydrolysis) is 1. The van der Waals surface area contributed by atoms with E-state index < -0.39 is 48.9 Å². The van der Waals surface area contributed by atoms with E-state index in [-0.39, 0.29) is 30.6 Å². The number of aryl methyl sites for hydroxylation is 1. The summed E-state index contributed by atoms with van der Waals surface area (Å²) in [5, 5.41) is 16.7. The number of nitrogens with one attached hydrogen (secondary N) is 2. The third-order valence-electron chi connectivity index (χ3n) is 8.28. The molecule has 2 aromatic heterocycles. The summed E-state index contributed by atoms with van der Waals surface area (Å²) in [6, 6.07) is 15.6. The number of benzene rings is 2. The van der Waals surface area contributed by atoms with Crippen LogP contribution in [0.5, 0.6) is 0 Å². The number of ether oxygens (including phenoxy) is 6. The Morgan fingerprint density at radius 3 is 2.38 bits per heavy atom. The highest BCUT2D eigenvalue weighted by atomic mass is 35.5. The van der Waals surface area contributed by atoms with Crippen LogP contribution in [0.3, 0.4) is 0 Å². The van der Waals surface area contributed by atoms with Gasteiger partial charge in [0.05, 0.1) is 13.2 Å². The highest BCUT2D eigenvalue weighted by molar-refractivity contribution is 6.32. The third kappa shape index (κ3) is 7.72. The Morgan fingerprint density at radius 1 is 1.02 bits per heavy atom. The van der Waals surface area contributed by atoms with Crippen LogP contribution < -0.4 is 5.32 Å². The summed E-state index contributed by atoms with van der Waals surface area (Å²) >= 11 is 6.52. The normalized spacial score (nSPS) is 20.2. The number of halogens is 1. The zero-order valence-electron chi connectivity index (χ0n) is 27.5. The zero-order valence-corrected chi connectivity index (χ0v) is 28.3. The van der Waals surface area contributed by atoms with E-state index in [2.05, 4.69) is 37.8 Å². The molecule has 3 unspecified atom stereocenters. The first-order valence-electron chi connectivity index (χ1n) is 16.1. The van der Waals surface area contributed by atoms with Crippen LogP contribution in [0.25, 0.3) is 22.5 Å². The summed E-state index contributed by atoms with van der Waals surface area (Å²) < 4.78 is 34.4. The molecule has 2 N–H and O–H groups in total. The van der Waals surface area contributed by atoms with E-state index in [1.54, 1.807) is 4.57 Å². The molecule has 2 saturated heterocycles. The van der Waals surface area contributed by atoms with Gasteiger partial charge in [-0.3, -0.25) is 0 Å². The highest BCUT2D eigenvalue weighted by Crippen LogP contribution is 2.32. The first kappa shape index (κ1) is 34.8. The van der Waals surface area contributed by atoms with Gasteiger partial charge in [-0.1, -0.05) is 73.5 Å². The minimum Gasteiger partial charge on any atom is -0.441 e. The number of carbonyl (C=O) groups is 3. The number of amides is 1. The summed E-state index contributed by atoms with van der Waals surface area (Å²) in [7, 11) is 1.44. The molecule has 4 heterocycles. The van der Waals surface area contributed by atoms with Gasteiger partial charge in [0.2, 0.25) is 12.1 Å². The smallest absolute Gasteiger partial charge is 0.441 e. The summed E-state index contributed by atoms with van der Waals surface area (Å²) in [5.41, 5.74) is 3.62. The van der Waals surface area contributed by atoms with Gasteiger partial charge in [-0.15, -0.1) is 10.2 Å². The average Bonchev–Trinajstić information content (AvgIpc) is 3.91. The Balaban J connectivity index is 1.11. The van der Waals surface area contributed by atoms with E-state index in [1.165, 1.54) is 14.0 Å². The molecule has 2 aliphatic rings. The largest absolute Gasteiger partial charge is 0.511 e. The fraction of sp³-hybridized carbons (Fsp3) is 0.424. The van der Waals surface area contributed by atoms with Gasteiger partial charge < -0.3 is 38.3 Å². The maximum atomic E-state index is 13.5. The molecule has 0 radical (unpaired) electrons. The number of unbranched alkanes of at least 4 members (excludes halogenated alkanes) is 1. The number of imidazole rings is 1. The molecule has 5 atom stereocenters. The van der Waals surface area contributed by atoms with Crippen molar-refractivity contribution in [3.63, 3.8) is 0 Å². The summed E-state index contributed by atoms with van der Waals surface area (Å²) in [4.78, 5) is 42.2. The Bertz CT molecular complexity index is 1800. The van der Waals surface area contributed by atoms with Gasteiger partial charge in [-0.25, -0.2) is 19.4 Å². The van der Waals surface area contributed by atoms with Crippen LogP contribution in [0.15, 0.2) is 48.5 Å². The standard InChI is InChI=1S/C33H36ClN7O9/c1-4-5-10-25-36-29(34)26(41(25)15-19-11-13-20(14-12-19)21-8-6-7-9-22(21)30-37-39-40-38-30)31(42)47-18(2)48-33(44)50-24-17-46-27-23(16-45-28(24)27)49-32(43)35-3/h6-9,11-14,18,23-24,27-28H,4-5,10,15-17H2,1-3H3,(H,35,43)(H,37,38,39,40)/t18?,23?,24?,27-,28-/m1/s1. The third-order valence-corrected chi connectivity index (χ3v) is 8.54. The Kier molecular flexibility index (Phi) is 10.9. The molecule has 6 rings (SSSR count). The van der Waals surface area contributed by atoms with Gasteiger partial charge in [0.1, 0.15) is 18.0 Å². The van der Waals surface area contributed by atoms with Crippen molar-refractivity contribution >= 4 is 29.8 Å². The van der Waals surface area contributed by atoms with E-state index in [0.29, 0.717) is 18.1 Å². The number of nitrogens with zero attached hydrogens (tertiary/aromatic N) is 5. The van der Waals surface area contributed by atoms with E-state index in [4.69, 9.17) is 40.0 Å². The summed E-state index contributed by atoms with van der Waals surface area (Å²) in [6.45, 7) is 3.81. The van der Waals surface area contributed by atoms with Crippen molar-refractivity contribution in [1.82, 2.24) is 35.5 Å². The van der Waals surface area contributed by atoms with Crippen molar-refractivity contribution in [2.45, 2.75) is 70.4 Å². The van der Waals surface area contributed by atoms with Crippen LogP contribution in [-0.2, 0) is 41.4 Å². The number of aromatic amines is 1. The van der Waals surface area contributed by atoms with Crippen molar-refractivity contribution in [2.24, 2.45) is 0 Å². The maximum Gasteiger partial charge on any atom is 0.511 e. The monoisotopic (exact) mass is 709 g/mol. The molecular weight excluding hydrogens is 674 g/mol. The molecule has 2 aliphatic heterocycles. The van der Waals surface area contributed by atoms with Gasteiger partial charge in [0.15, 0.2) is 23.1 Å². The van der Waals surface area contributed by atoms with E-state index >= 15 is 0 Å². The number of tetrazole rings is 1. The number of carbonyl (C=O) groups excluding carboxylic acids is 3. The lowest BCUT2D eigenvalue weighted by atomic mass is 9.98. The van der Waals surface area contributed by atoms with Gasteiger partial charge in [-0.2, -0.15) is 5.21 Å². The van der Waals surface area contributed by atoms with E-state index in [9.17, 15) is 14.4 Å². The second kappa shape index (κ2) is 15.7. The fourth-order valence-electron chi connectivity index (χ4n) is 5.88. The SMILES string of the molecule is CCCCc1nc(Cl)c(C(=O)OC(C)OC(=O)OC2CO[C@@H]3C(OC(=O)NC)CO[C@H]23)n1Cc1ccc(-c2ccccc2-c2nn[nH]n2)cc1. The molecule has 0 spiro atoms. The van der Waals surface area contributed by atoms with Gasteiger partial charge in [0, 0.05) is 32.5 Å². The van der Waals surface area contributed by atoms with Crippen LogP contribution >= 0.6 is 11.6 Å². The molecule has 17 heteroatoms. The first-order chi connectivity index (χ1) is 24.2. The quantitative estimate of drug-likeness (QED) is 0.120. The van der Waals surface area contributed by atoms with Crippen LogP contribution in [0.1, 0.15) is 48.6 Å². The predicted octanol–water partition coefficient (Wildman–Crippen LogP) is 4.32. The van der Waals surface area contributed by atoms with Crippen molar-refractivity contribution < 1.29 is 42.8 Å². The molecule has 0 aliphatic carbocycles. The minimum atomic E-state index is -1.33. The van der Waals surface area contributed by atoms with Crippen molar-refractivity contribution in [3.05, 3.63) is 70.8 Å². The fourth-order valence-corrected chi connectivity index (χ4v) is 6.16. The first-order valence-corrected chi connectivity index (χ1v) is 16.5. The predicted molar refractivity (Wildman–Crippen MR) is 175 cm³/mol. The second-order valence-electron chi connectivity index (χ2n) is 11.6. The number of rotatable bonds is 12. The lowest BCUT2D eigenvalue weighted by Gasteiger charge is -2.19. The molecule has 0 bridgehead atoms. The van der Waals surface area contributed by atoms with Crippen LogP contribution in [0.4, 0.5) is 9.59 Å². The number of fused-ring (bicyclic) bond motifs is 1. The number of hydrogen-bond donors (Lipinski definition) is 2. The summed E-state index contributed by atoms with van der Waals surface area (Å²) in [5.74, 6) is 0.280. The molecule has 2 aromatic carbocycles. The number of aromatic nitrogens is 6. The molecule has 1 amide bonds. The molecular formula is C33H36ClN7O9. The summed E-state index contributed by atoms with van der Waals surface area (Å²) in [6.07, 6.45) is -3.46. The molecule has 16 nitrogen and oxygen atoms in total. The van der Waals surface area contributed by atoms with Gasteiger partial charge in [0.25, 0.3) is 0 Å². The Labute approximate surface area is 291 Å². The van der Waals surface area contributed by atoms with Gasteiger partial charge >= 0.3 is 18.2 Å². The molecule has 264 valence electrons. The van der Waals surface area contributed by atoms with Crippen LogP contribution in [-0.4, -0.2) is 99.4 Å². The van der Waals surface area contributed by atoms with Crippen LogP contribution in [0, 0.1) is 0 Å². The van der Waals surface area contributed by atoms with Gasteiger partial charge in [-0.05, 0) is 28.3 Å². The van der Waals surface area contributed by atoms with Crippen molar-refractivity contribution in [2.75, 3.05) is 20.3 Å². The number of H-pyrrole nitrogens is 1. The topological polar surface area (TPSA) is 191 Å². The maximum absolute atomic E-state index is 13.5. The number of hydrogen-bond acceptors (Lipinski definition) is 13. The van der Waals surface area contributed by atoms with Crippen molar-refractivity contribution in [1.29, 1.82) is 0 Å². The Morgan fingerprint density at radius 2 is 1.72 bits per heavy atom. The van der Waals surface area contributed by atoms with E-state index in [1.807, 2.05) is 48.5 Å². The lowest BCUT2D eigenvalue weighted by Crippen LogP contribution is -2.37.